The molecule has 6 heteroatoms. The molecule has 15 heavy (non-hydrogen) atoms. The second-order valence-electron chi connectivity index (χ2n) is 3.14. The summed E-state index contributed by atoms with van der Waals surface area (Å²) in [6, 6.07) is 5.37. The van der Waals surface area contributed by atoms with Gasteiger partial charge in [0.15, 0.2) is 0 Å². The molecule has 0 atom stereocenters. The molecule has 1 aromatic heterocycles. The van der Waals surface area contributed by atoms with Crippen LogP contribution in [0.25, 0.3) is 0 Å². The predicted octanol–water partition coefficient (Wildman–Crippen LogP) is 1.14. The Balaban J connectivity index is 2.28. The largest absolute Gasteiger partial charge is 0.505 e. The normalized spacial score (nSPS) is 10.2. The lowest BCUT2D eigenvalue weighted by Gasteiger charge is -2.06. The van der Waals surface area contributed by atoms with Gasteiger partial charge in [-0.3, -0.25) is 0 Å². The molecule has 2 aromatic rings. The molecule has 0 aliphatic heterocycles. The number of aryl methyl sites for hydroxylation is 1. The number of rotatable bonds is 2. The Morgan fingerprint density at radius 2 is 2.27 bits per heavy atom. The van der Waals surface area contributed by atoms with Gasteiger partial charge in [-0.05, 0) is 18.6 Å². The van der Waals surface area contributed by atoms with E-state index < -0.39 is 0 Å². The number of benzene rings is 1. The predicted molar refractivity (Wildman–Crippen MR) is 56.9 cm³/mol. The third-order valence-electron chi connectivity index (χ3n) is 1.99. The molecular weight excluding hydrogens is 194 g/mol. The maximum atomic E-state index is 9.71. The zero-order valence-corrected chi connectivity index (χ0v) is 8.15. The topological polar surface area (TPSA) is 99.9 Å². The number of nitrogens with zero attached hydrogens (tertiary/aromatic N) is 2. The summed E-state index contributed by atoms with van der Waals surface area (Å²) in [7, 11) is 0. The second kappa shape index (κ2) is 3.49. The van der Waals surface area contributed by atoms with Crippen molar-refractivity contribution in [3.8, 4) is 5.75 Å². The van der Waals surface area contributed by atoms with E-state index in [0.29, 0.717) is 11.6 Å². The molecule has 0 saturated carbocycles. The van der Waals surface area contributed by atoms with Gasteiger partial charge >= 0.3 is 0 Å². The van der Waals surface area contributed by atoms with Crippen LogP contribution in [0.1, 0.15) is 5.56 Å². The Hall–Kier alpha value is -2.24. The molecule has 5 N–H and O–H groups in total. The lowest BCUT2D eigenvalue weighted by molar-refractivity contribution is 0.473. The highest BCUT2D eigenvalue weighted by molar-refractivity contribution is 5.64. The van der Waals surface area contributed by atoms with Crippen molar-refractivity contribution in [1.29, 1.82) is 0 Å². The number of H-pyrrole nitrogens is 1. The van der Waals surface area contributed by atoms with Gasteiger partial charge in [-0.25, -0.2) is 5.10 Å². The van der Waals surface area contributed by atoms with Gasteiger partial charge in [-0.2, -0.15) is 4.98 Å². The Kier molecular flexibility index (Phi) is 2.17. The number of anilines is 3. The number of phenols is 1. The molecule has 1 heterocycles. The molecule has 0 bridgehead atoms. The van der Waals surface area contributed by atoms with Crippen molar-refractivity contribution >= 4 is 17.6 Å². The van der Waals surface area contributed by atoms with Crippen molar-refractivity contribution in [2.75, 3.05) is 11.1 Å². The summed E-state index contributed by atoms with van der Waals surface area (Å²) >= 11 is 0. The summed E-state index contributed by atoms with van der Waals surface area (Å²) in [5.74, 6) is 0.735. The number of aromatic hydroxyl groups is 1. The third-order valence-corrected chi connectivity index (χ3v) is 1.99. The highest BCUT2D eigenvalue weighted by Gasteiger charge is 2.06. The highest BCUT2D eigenvalue weighted by Crippen LogP contribution is 2.28. The Labute approximate surface area is 86.2 Å². The number of para-hydroxylation sites is 1. The van der Waals surface area contributed by atoms with E-state index in [4.69, 9.17) is 5.73 Å². The highest BCUT2D eigenvalue weighted by atomic mass is 16.3. The second-order valence-corrected chi connectivity index (χ2v) is 3.14. The molecule has 1 aromatic carbocycles. The van der Waals surface area contributed by atoms with E-state index in [0.717, 1.165) is 5.56 Å². The minimum Gasteiger partial charge on any atom is -0.505 e. The van der Waals surface area contributed by atoms with Gasteiger partial charge in [0.2, 0.25) is 11.9 Å². The van der Waals surface area contributed by atoms with E-state index in [-0.39, 0.29) is 11.7 Å². The van der Waals surface area contributed by atoms with Crippen LogP contribution in [0.3, 0.4) is 0 Å². The number of nitrogen functional groups attached to an aromatic ring is 1. The SMILES string of the molecule is Cc1cccc(Nc2n[nH]c(N)n2)c1O. The van der Waals surface area contributed by atoms with E-state index in [2.05, 4.69) is 20.5 Å². The summed E-state index contributed by atoms with van der Waals surface area (Å²) in [6.45, 7) is 1.81. The first-order valence-corrected chi connectivity index (χ1v) is 4.40. The number of aromatic nitrogens is 3. The summed E-state index contributed by atoms with van der Waals surface area (Å²) in [6.07, 6.45) is 0. The van der Waals surface area contributed by atoms with Crippen molar-refractivity contribution in [1.82, 2.24) is 15.2 Å². The van der Waals surface area contributed by atoms with Crippen LogP contribution in [0, 0.1) is 6.92 Å². The van der Waals surface area contributed by atoms with Gasteiger partial charge in [0.1, 0.15) is 5.75 Å². The fraction of sp³-hybridized carbons (Fsp3) is 0.111. The van der Waals surface area contributed by atoms with Crippen LogP contribution in [0.15, 0.2) is 18.2 Å². The van der Waals surface area contributed by atoms with E-state index in [1.165, 1.54) is 0 Å². The zero-order valence-electron chi connectivity index (χ0n) is 8.15. The van der Waals surface area contributed by atoms with E-state index in [9.17, 15) is 5.11 Å². The molecule has 0 fully saturated rings. The molecule has 0 unspecified atom stereocenters. The Morgan fingerprint density at radius 1 is 1.47 bits per heavy atom. The molecule has 0 aliphatic carbocycles. The Bertz CT molecular complexity index is 479. The fourth-order valence-electron chi connectivity index (χ4n) is 1.21. The van der Waals surface area contributed by atoms with Gasteiger partial charge in [0.25, 0.3) is 0 Å². The van der Waals surface area contributed by atoms with Crippen molar-refractivity contribution in [2.45, 2.75) is 6.92 Å². The van der Waals surface area contributed by atoms with E-state index in [1.807, 2.05) is 19.1 Å². The van der Waals surface area contributed by atoms with Gasteiger partial charge in [-0.1, -0.05) is 12.1 Å². The van der Waals surface area contributed by atoms with Crippen LogP contribution in [0.5, 0.6) is 5.75 Å². The molecule has 0 radical (unpaired) electrons. The maximum absolute atomic E-state index is 9.71. The van der Waals surface area contributed by atoms with Crippen LogP contribution in [0.2, 0.25) is 0 Å². The van der Waals surface area contributed by atoms with Gasteiger partial charge < -0.3 is 16.2 Å². The zero-order chi connectivity index (χ0) is 10.8. The average Bonchev–Trinajstić information content (AvgIpc) is 2.59. The van der Waals surface area contributed by atoms with Crippen LogP contribution in [-0.2, 0) is 0 Å². The van der Waals surface area contributed by atoms with Gasteiger partial charge in [0, 0.05) is 0 Å². The van der Waals surface area contributed by atoms with Gasteiger partial charge in [0.05, 0.1) is 5.69 Å². The number of hydrogen-bond acceptors (Lipinski definition) is 5. The minimum atomic E-state index is 0.181. The Morgan fingerprint density at radius 3 is 2.93 bits per heavy atom. The number of nitrogens with two attached hydrogens (primary N) is 1. The summed E-state index contributed by atoms with van der Waals surface area (Å²) < 4.78 is 0. The fourth-order valence-corrected chi connectivity index (χ4v) is 1.21. The molecular formula is C9H11N5O. The summed E-state index contributed by atoms with van der Waals surface area (Å²) in [5, 5.41) is 18.9. The van der Waals surface area contributed by atoms with E-state index in [1.54, 1.807) is 6.07 Å². The van der Waals surface area contributed by atoms with Crippen LogP contribution >= 0.6 is 0 Å². The standard InChI is InChI=1S/C9H11N5O/c1-5-3-2-4-6(7(5)15)11-9-12-8(10)13-14-9/h2-4,15H,1H3,(H4,10,11,12,13,14). The molecule has 0 saturated heterocycles. The van der Waals surface area contributed by atoms with Crippen molar-refractivity contribution < 1.29 is 5.11 Å². The first-order chi connectivity index (χ1) is 7.16. The van der Waals surface area contributed by atoms with E-state index >= 15 is 0 Å². The number of hydrogen-bond donors (Lipinski definition) is 4. The maximum Gasteiger partial charge on any atom is 0.248 e. The molecule has 6 nitrogen and oxygen atoms in total. The smallest absolute Gasteiger partial charge is 0.248 e. The molecule has 78 valence electrons. The molecule has 0 spiro atoms. The van der Waals surface area contributed by atoms with Crippen molar-refractivity contribution in [3.63, 3.8) is 0 Å². The third kappa shape index (κ3) is 1.83. The van der Waals surface area contributed by atoms with Crippen LogP contribution < -0.4 is 11.1 Å². The minimum absolute atomic E-state index is 0.181. The van der Waals surface area contributed by atoms with Crippen molar-refractivity contribution in [2.24, 2.45) is 0 Å². The lowest BCUT2D eigenvalue weighted by atomic mass is 10.2. The number of aromatic amines is 1. The average molecular weight is 205 g/mol. The van der Waals surface area contributed by atoms with Crippen molar-refractivity contribution in [3.05, 3.63) is 23.8 Å². The summed E-state index contributed by atoms with van der Waals surface area (Å²) in [5.41, 5.74) is 6.70. The number of nitrogens with one attached hydrogen (secondary N) is 2. The number of phenolic OH excluding ortho intramolecular Hbond substituents is 1. The van der Waals surface area contributed by atoms with Crippen LogP contribution in [0.4, 0.5) is 17.6 Å². The lowest BCUT2D eigenvalue weighted by Crippen LogP contribution is -1.94. The first-order valence-electron chi connectivity index (χ1n) is 4.40. The quantitative estimate of drug-likeness (QED) is 0.551. The molecule has 2 rings (SSSR count). The first kappa shape index (κ1) is 9.32. The van der Waals surface area contributed by atoms with Crippen LogP contribution in [-0.4, -0.2) is 20.3 Å². The van der Waals surface area contributed by atoms with Gasteiger partial charge in [-0.15, -0.1) is 5.10 Å². The molecule has 0 aliphatic rings. The molecule has 0 amide bonds. The monoisotopic (exact) mass is 205 g/mol. The summed E-state index contributed by atoms with van der Waals surface area (Å²) in [4.78, 5) is 3.87.